The van der Waals surface area contributed by atoms with Gasteiger partial charge in [0.05, 0.1) is 12.7 Å². The maximum absolute atomic E-state index is 11.4. The van der Waals surface area contributed by atoms with E-state index in [2.05, 4.69) is 54.6 Å². The molecule has 0 aromatic carbocycles. The highest BCUT2D eigenvalue weighted by molar-refractivity contribution is 6.74. The van der Waals surface area contributed by atoms with Crippen LogP contribution in [0.5, 0.6) is 0 Å². The van der Waals surface area contributed by atoms with E-state index in [-0.39, 0.29) is 22.5 Å². The highest BCUT2D eigenvalue weighted by Crippen LogP contribution is 2.68. The Labute approximate surface area is 216 Å². The zero-order valence-electron chi connectivity index (χ0n) is 24.2. The first kappa shape index (κ1) is 27.6. The van der Waals surface area contributed by atoms with Crippen LogP contribution in [-0.4, -0.2) is 38.2 Å². The van der Waals surface area contributed by atoms with Gasteiger partial charge in [0.1, 0.15) is 0 Å². The fourth-order valence-electron chi connectivity index (χ4n) is 9.28. The summed E-state index contributed by atoms with van der Waals surface area (Å²) in [5.41, 5.74) is 0.546. The largest absolute Gasteiger partial charge is 0.466 e. The van der Waals surface area contributed by atoms with Crippen molar-refractivity contribution in [3.8, 4) is 0 Å². The number of rotatable bonds is 5. The van der Waals surface area contributed by atoms with Crippen LogP contribution >= 0.6 is 0 Å². The Morgan fingerprint density at radius 3 is 2.34 bits per heavy atom. The quantitative estimate of drug-likeness (QED) is 0.316. The van der Waals surface area contributed by atoms with Crippen LogP contribution in [0.3, 0.4) is 0 Å². The fraction of sp³-hybridized carbons (Fsp3) is 0.967. The lowest BCUT2D eigenvalue weighted by Gasteiger charge is -2.62. The number of hydrogen-bond donors (Lipinski definition) is 1. The average Bonchev–Trinajstić information content (AvgIpc) is 3.02. The van der Waals surface area contributed by atoms with Gasteiger partial charge in [0, 0.05) is 13.0 Å². The minimum absolute atomic E-state index is 0.159. The molecule has 202 valence electrons. The average molecular weight is 507 g/mol. The summed E-state index contributed by atoms with van der Waals surface area (Å²) in [6.45, 7) is 21.1. The summed E-state index contributed by atoms with van der Waals surface area (Å²) in [6.07, 6.45) is 9.87. The van der Waals surface area contributed by atoms with Crippen molar-refractivity contribution in [3.05, 3.63) is 0 Å². The molecule has 35 heavy (non-hydrogen) atoms. The monoisotopic (exact) mass is 506 g/mol. The minimum Gasteiger partial charge on any atom is -0.466 e. The van der Waals surface area contributed by atoms with Gasteiger partial charge < -0.3 is 14.3 Å². The maximum atomic E-state index is 11.4. The molecule has 1 N–H and O–H groups in total. The third-order valence-electron chi connectivity index (χ3n) is 12.2. The van der Waals surface area contributed by atoms with E-state index in [0.717, 1.165) is 18.3 Å². The van der Waals surface area contributed by atoms with E-state index in [1.165, 1.54) is 51.9 Å². The number of aliphatic hydroxyl groups excluding tert-OH is 1. The van der Waals surface area contributed by atoms with Gasteiger partial charge in [-0.1, -0.05) is 41.5 Å². The van der Waals surface area contributed by atoms with E-state index < -0.39 is 8.32 Å². The van der Waals surface area contributed by atoms with Crippen LogP contribution < -0.4 is 0 Å². The first-order valence-corrected chi connectivity index (χ1v) is 17.5. The lowest BCUT2D eigenvalue weighted by atomic mass is 9.44. The van der Waals surface area contributed by atoms with Crippen molar-refractivity contribution in [1.29, 1.82) is 0 Å². The van der Waals surface area contributed by atoms with E-state index in [9.17, 15) is 9.90 Å². The van der Waals surface area contributed by atoms with Gasteiger partial charge in [-0.15, -0.1) is 0 Å². The number of aliphatic hydroxyl groups is 1. The number of esters is 1. The minimum atomic E-state index is -1.74. The topological polar surface area (TPSA) is 55.8 Å². The number of carbonyl (C=O) groups excluding carboxylic acids is 1. The second-order valence-corrected chi connectivity index (χ2v) is 19.8. The molecular formula is C30H54O4Si. The molecular weight excluding hydrogens is 452 g/mol. The van der Waals surface area contributed by atoms with Gasteiger partial charge in [0.25, 0.3) is 0 Å². The third kappa shape index (κ3) is 4.80. The van der Waals surface area contributed by atoms with Crippen molar-refractivity contribution in [1.82, 2.24) is 0 Å². The van der Waals surface area contributed by atoms with E-state index in [1.807, 2.05) is 0 Å². The summed E-state index contributed by atoms with van der Waals surface area (Å²) in [4.78, 5) is 11.4. The predicted molar refractivity (Wildman–Crippen MR) is 144 cm³/mol. The van der Waals surface area contributed by atoms with Gasteiger partial charge in [0.2, 0.25) is 0 Å². The summed E-state index contributed by atoms with van der Waals surface area (Å²) in [5, 5.41) is 11.7. The fourth-order valence-corrected chi connectivity index (χ4v) is 10.7. The van der Waals surface area contributed by atoms with Crippen molar-refractivity contribution in [3.63, 3.8) is 0 Å². The van der Waals surface area contributed by atoms with Crippen LogP contribution in [-0.2, 0) is 14.0 Å². The molecule has 4 rings (SSSR count). The molecule has 4 fully saturated rings. The smallest absolute Gasteiger partial charge is 0.302 e. The normalized spacial score (nSPS) is 44.7. The van der Waals surface area contributed by atoms with Crippen molar-refractivity contribution in [2.24, 2.45) is 46.3 Å². The lowest BCUT2D eigenvalue weighted by molar-refractivity contribution is -0.148. The Morgan fingerprint density at radius 2 is 1.71 bits per heavy atom. The molecule has 4 nitrogen and oxygen atoms in total. The summed E-state index contributed by atoms with van der Waals surface area (Å²) in [5.74, 6) is 3.05. The van der Waals surface area contributed by atoms with Crippen LogP contribution in [0.2, 0.25) is 18.1 Å². The van der Waals surface area contributed by atoms with Gasteiger partial charge >= 0.3 is 5.97 Å². The Hall–Kier alpha value is -0.393. The zero-order valence-corrected chi connectivity index (χ0v) is 25.2. The summed E-state index contributed by atoms with van der Waals surface area (Å²) in [7, 11) is -1.74. The predicted octanol–water partition coefficient (Wildman–Crippen LogP) is 7.21. The Bertz CT molecular complexity index is 790. The van der Waals surface area contributed by atoms with Crippen LogP contribution in [0, 0.1) is 46.3 Å². The molecule has 0 saturated heterocycles. The molecule has 0 aromatic heterocycles. The summed E-state index contributed by atoms with van der Waals surface area (Å²) < 4.78 is 12.3. The molecule has 4 saturated carbocycles. The number of ether oxygens (including phenoxy) is 1. The first-order chi connectivity index (χ1) is 16.1. The Morgan fingerprint density at radius 1 is 1.06 bits per heavy atom. The number of carbonyl (C=O) groups is 1. The van der Waals surface area contributed by atoms with E-state index in [4.69, 9.17) is 9.16 Å². The van der Waals surface area contributed by atoms with E-state index in [1.54, 1.807) is 0 Å². The summed E-state index contributed by atoms with van der Waals surface area (Å²) >= 11 is 0. The molecule has 0 aromatic rings. The van der Waals surface area contributed by atoms with Gasteiger partial charge in [-0.05, 0) is 116 Å². The number of hydrogen-bond acceptors (Lipinski definition) is 4. The molecule has 0 aliphatic heterocycles. The van der Waals surface area contributed by atoms with Crippen molar-refractivity contribution < 1.29 is 19.1 Å². The molecule has 4 aliphatic rings. The molecule has 10 atom stereocenters. The third-order valence-corrected chi connectivity index (χ3v) is 16.7. The van der Waals surface area contributed by atoms with E-state index >= 15 is 0 Å². The van der Waals surface area contributed by atoms with Gasteiger partial charge in [0.15, 0.2) is 8.32 Å². The van der Waals surface area contributed by atoms with Crippen LogP contribution in [0.4, 0.5) is 0 Å². The molecule has 4 aliphatic carbocycles. The van der Waals surface area contributed by atoms with E-state index in [0.29, 0.717) is 41.8 Å². The molecule has 0 spiro atoms. The molecule has 0 unspecified atom stereocenters. The van der Waals surface area contributed by atoms with Crippen molar-refractivity contribution in [2.45, 2.75) is 130 Å². The van der Waals surface area contributed by atoms with Gasteiger partial charge in [-0.25, -0.2) is 0 Å². The van der Waals surface area contributed by atoms with Crippen LogP contribution in [0.25, 0.3) is 0 Å². The molecule has 0 bridgehead atoms. The second kappa shape index (κ2) is 9.41. The number of fused-ring (bicyclic) bond motifs is 5. The second-order valence-electron chi connectivity index (χ2n) is 15.1. The van der Waals surface area contributed by atoms with Gasteiger partial charge in [-0.2, -0.15) is 0 Å². The molecule has 0 heterocycles. The summed E-state index contributed by atoms with van der Waals surface area (Å²) in [6, 6.07) is 0. The Balaban J connectivity index is 1.48. The van der Waals surface area contributed by atoms with Crippen molar-refractivity contribution >= 4 is 14.3 Å². The van der Waals surface area contributed by atoms with Crippen molar-refractivity contribution in [2.75, 3.05) is 6.61 Å². The SMILES string of the molecule is CC(=O)OC[C@H](C)[C@H]1C[C@@H](O)[C@H]2[C@@H]3CC[C@H]4C[C@@H](O[Si](C)(C)C(C)(C)C)CC[C@]4(C)[C@H]3CC[C@@]21C. The molecule has 0 amide bonds. The standard InChI is InChI=1S/C30H54O4Si/c1-19(18-33-20(2)31)25-17-26(32)27-23-11-10-21-16-22(34-35(8,9)28(3,4)5)12-14-29(21,6)24(23)13-15-30(25,27)7/h19,21-27,32H,10-18H2,1-9H3/t19-,21-,22-,23+,24-,25+,26+,27+,29-,30+/m0/s1. The van der Waals surface area contributed by atoms with Crippen LogP contribution in [0.1, 0.15) is 99.8 Å². The highest BCUT2D eigenvalue weighted by atomic mass is 28.4. The molecule has 0 radical (unpaired) electrons. The lowest BCUT2D eigenvalue weighted by Crippen LogP contribution is -2.56. The van der Waals surface area contributed by atoms with Crippen LogP contribution in [0.15, 0.2) is 0 Å². The first-order valence-electron chi connectivity index (χ1n) is 14.6. The molecule has 5 heteroatoms. The highest BCUT2D eigenvalue weighted by Gasteiger charge is 2.63. The Kier molecular flexibility index (Phi) is 7.43. The zero-order chi connectivity index (χ0) is 26.0. The van der Waals surface area contributed by atoms with Gasteiger partial charge in [-0.3, -0.25) is 4.79 Å². The maximum Gasteiger partial charge on any atom is 0.302 e.